The van der Waals surface area contributed by atoms with Crippen LogP contribution in [-0.2, 0) is 16.0 Å². The molecule has 1 amide bonds. The van der Waals surface area contributed by atoms with Gasteiger partial charge < -0.3 is 15.2 Å². The first-order valence-electron chi connectivity index (χ1n) is 11.4. The highest BCUT2D eigenvalue weighted by molar-refractivity contribution is 5.92. The summed E-state index contributed by atoms with van der Waals surface area (Å²) in [6.45, 7) is -2.02. The molecule has 3 rings (SSSR count). The number of aromatic nitrogens is 3. The number of nitrogens with zero attached hydrogens (tertiary/aromatic N) is 2. The number of halogens is 5. The minimum atomic E-state index is -5.91. The van der Waals surface area contributed by atoms with Crippen LogP contribution in [0.1, 0.15) is 29.4 Å². The van der Waals surface area contributed by atoms with E-state index in [4.69, 9.17) is 0 Å². The van der Waals surface area contributed by atoms with E-state index >= 15 is 0 Å². The molecule has 0 spiro atoms. The Morgan fingerprint density at radius 1 is 1.03 bits per heavy atom. The monoisotopic (exact) mass is 540 g/mol. The molecule has 1 heterocycles. The van der Waals surface area contributed by atoms with Crippen LogP contribution in [0.5, 0.6) is 0 Å². The molecular weight excluding hydrogens is 515 g/mol. The van der Waals surface area contributed by atoms with Crippen LogP contribution in [0, 0.1) is 5.41 Å². The van der Waals surface area contributed by atoms with E-state index in [1.807, 2.05) is 42.5 Å². The van der Waals surface area contributed by atoms with E-state index in [0.717, 1.165) is 24.2 Å². The normalized spacial score (nSPS) is 14.4. The standard InChI is InChI=1S/C25H25F5N4O4/c1-23(14-35,22(37)38-15-24(26,27)25(28,29)30)12-19(32-21(36)20-13-31-34-33-20)11-16-7-9-18(10-8-16)17-5-3-2-4-6-17/h2-10,13,19,35H,11-12,14-15H2,1H3,(H,32,36)(H,31,33,34)/t19-,23+/m1/s1. The van der Waals surface area contributed by atoms with Crippen LogP contribution in [-0.4, -0.2) is 63.7 Å². The lowest BCUT2D eigenvalue weighted by atomic mass is 9.82. The number of aromatic amines is 1. The maximum Gasteiger partial charge on any atom is 0.456 e. The lowest BCUT2D eigenvalue weighted by Gasteiger charge is -2.31. The summed E-state index contributed by atoms with van der Waals surface area (Å²) < 4.78 is 68.3. The second-order valence-corrected chi connectivity index (χ2v) is 8.99. The Balaban J connectivity index is 1.79. The first-order chi connectivity index (χ1) is 17.8. The third-order valence-corrected chi connectivity index (χ3v) is 5.86. The number of aliphatic hydroxyl groups is 1. The number of H-pyrrole nitrogens is 1. The van der Waals surface area contributed by atoms with Crippen LogP contribution >= 0.6 is 0 Å². The molecule has 0 aliphatic carbocycles. The summed E-state index contributed by atoms with van der Waals surface area (Å²) in [5.74, 6) is -7.41. The molecule has 0 fully saturated rings. The van der Waals surface area contributed by atoms with Gasteiger partial charge in [0.2, 0.25) is 0 Å². The Morgan fingerprint density at radius 2 is 1.66 bits per heavy atom. The van der Waals surface area contributed by atoms with Crippen LogP contribution < -0.4 is 5.32 Å². The third-order valence-electron chi connectivity index (χ3n) is 5.86. The van der Waals surface area contributed by atoms with Crippen molar-refractivity contribution in [1.29, 1.82) is 0 Å². The highest BCUT2D eigenvalue weighted by Gasteiger charge is 2.58. The van der Waals surface area contributed by atoms with Crippen molar-refractivity contribution in [2.75, 3.05) is 13.2 Å². The number of carbonyl (C=O) groups excluding carboxylic acids is 2. The topological polar surface area (TPSA) is 117 Å². The molecule has 0 saturated carbocycles. The number of amides is 1. The molecule has 3 N–H and O–H groups in total. The molecule has 0 unspecified atom stereocenters. The predicted octanol–water partition coefficient (Wildman–Crippen LogP) is 3.94. The molecule has 0 radical (unpaired) electrons. The lowest BCUT2D eigenvalue weighted by molar-refractivity contribution is -0.295. The fourth-order valence-electron chi connectivity index (χ4n) is 3.66. The molecule has 2 aromatic carbocycles. The Kier molecular flexibility index (Phi) is 8.82. The molecule has 38 heavy (non-hydrogen) atoms. The van der Waals surface area contributed by atoms with Crippen molar-refractivity contribution < 1.29 is 41.4 Å². The van der Waals surface area contributed by atoms with Crippen LogP contribution in [0.15, 0.2) is 60.8 Å². The van der Waals surface area contributed by atoms with E-state index < -0.39 is 48.6 Å². The number of carbonyl (C=O) groups is 2. The van der Waals surface area contributed by atoms with Crippen LogP contribution in [0.3, 0.4) is 0 Å². The van der Waals surface area contributed by atoms with Crippen LogP contribution in [0.25, 0.3) is 11.1 Å². The van der Waals surface area contributed by atoms with Gasteiger partial charge in [-0.3, -0.25) is 9.59 Å². The molecular formula is C25H25F5N4O4. The predicted molar refractivity (Wildman–Crippen MR) is 125 cm³/mol. The maximum atomic E-state index is 13.3. The molecule has 8 nitrogen and oxygen atoms in total. The number of hydrogen-bond acceptors (Lipinski definition) is 6. The number of nitrogens with one attached hydrogen (secondary N) is 2. The lowest BCUT2D eigenvalue weighted by Crippen LogP contribution is -2.47. The minimum absolute atomic E-state index is 0.0764. The molecule has 13 heteroatoms. The fourth-order valence-corrected chi connectivity index (χ4v) is 3.66. The number of rotatable bonds is 11. The van der Waals surface area contributed by atoms with E-state index in [9.17, 15) is 36.6 Å². The zero-order valence-corrected chi connectivity index (χ0v) is 20.1. The molecule has 1 aromatic heterocycles. The van der Waals surface area contributed by atoms with Crippen molar-refractivity contribution >= 4 is 11.9 Å². The second kappa shape index (κ2) is 11.7. The van der Waals surface area contributed by atoms with Crippen molar-refractivity contribution in [3.63, 3.8) is 0 Å². The van der Waals surface area contributed by atoms with Gasteiger partial charge in [-0.05, 0) is 36.5 Å². The molecule has 0 saturated heterocycles. The minimum Gasteiger partial charge on any atom is -0.458 e. The quantitative estimate of drug-likeness (QED) is 0.251. The number of alkyl halides is 5. The molecule has 0 aliphatic heterocycles. The number of aliphatic hydroxyl groups excluding tert-OH is 1. The van der Waals surface area contributed by atoms with Crippen LogP contribution in [0.4, 0.5) is 22.0 Å². The maximum absolute atomic E-state index is 13.3. The Hall–Kier alpha value is -3.87. The van der Waals surface area contributed by atoms with Crippen molar-refractivity contribution in [2.24, 2.45) is 5.41 Å². The first kappa shape index (κ1) is 28.7. The zero-order valence-electron chi connectivity index (χ0n) is 20.1. The number of ether oxygens (including phenoxy) is 1. The zero-order chi connectivity index (χ0) is 28.0. The van der Waals surface area contributed by atoms with Crippen molar-refractivity contribution in [3.8, 4) is 11.1 Å². The average Bonchev–Trinajstić information content (AvgIpc) is 3.43. The SMILES string of the molecule is C[C@@](CO)(C[C@@H](Cc1ccc(-c2ccccc2)cc1)NC(=O)c1cn[nH]n1)C(=O)OCC(F)(F)C(F)(F)F. The summed E-state index contributed by atoms with van der Waals surface area (Å²) in [6.07, 6.45) is -4.98. The molecule has 3 aromatic rings. The largest absolute Gasteiger partial charge is 0.458 e. The third kappa shape index (κ3) is 7.12. The average molecular weight is 540 g/mol. The van der Waals surface area contributed by atoms with Crippen LogP contribution in [0.2, 0.25) is 0 Å². The summed E-state index contributed by atoms with van der Waals surface area (Å²) >= 11 is 0. The highest BCUT2D eigenvalue weighted by Crippen LogP contribution is 2.36. The van der Waals surface area contributed by atoms with Crippen molar-refractivity contribution in [2.45, 2.75) is 37.9 Å². The summed E-state index contributed by atoms with van der Waals surface area (Å²) in [5, 5.41) is 22.0. The van der Waals surface area contributed by atoms with Gasteiger partial charge in [-0.1, -0.05) is 54.6 Å². The van der Waals surface area contributed by atoms with Crippen molar-refractivity contribution in [3.05, 3.63) is 72.1 Å². The fraction of sp³-hybridized carbons (Fsp3) is 0.360. The number of benzene rings is 2. The van der Waals surface area contributed by atoms with E-state index in [0.29, 0.717) is 5.56 Å². The van der Waals surface area contributed by atoms with Gasteiger partial charge in [-0.15, -0.1) is 0 Å². The Labute approximate surface area is 214 Å². The molecule has 2 atom stereocenters. The number of esters is 1. The van der Waals surface area contributed by atoms with Gasteiger partial charge in [0.1, 0.15) is 0 Å². The molecule has 0 bridgehead atoms. The smallest absolute Gasteiger partial charge is 0.456 e. The second-order valence-electron chi connectivity index (χ2n) is 8.99. The summed E-state index contributed by atoms with van der Waals surface area (Å²) in [4.78, 5) is 25.2. The Bertz CT molecular complexity index is 1200. The summed E-state index contributed by atoms with van der Waals surface area (Å²) in [6, 6.07) is 15.9. The molecule has 0 aliphatic rings. The van der Waals surface area contributed by atoms with Gasteiger partial charge in [0.25, 0.3) is 5.91 Å². The van der Waals surface area contributed by atoms with E-state index in [-0.39, 0.29) is 18.5 Å². The van der Waals surface area contributed by atoms with Gasteiger partial charge in [-0.2, -0.15) is 37.4 Å². The van der Waals surface area contributed by atoms with E-state index in [2.05, 4.69) is 25.5 Å². The summed E-state index contributed by atoms with van der Waals surface area (Å²) in [7, 11) is 0. The first-order valence-corrected chi connectivity index (χ1v) is 11.4. The Morgan fingerprint density at radius 3 is 2.21 bits per heavy atom. The number of hydrogen-bond donors (Lipinski definition) is 3. The van der Waals surface area contributed by atoms with Gasteiger partial charge in [-0.25, -0.2) is 0 Å². The van der Waals surface area contributed by atoms with Gasteiger partial charge in [0.05, 0.1) is 18.2 Å². The molecule has 204 valence electrons. The van der Waals surface area contributed by atoms with E-state index in [1.165, 1.54) is 0 Å². The van der Waals surface area contributed by atoms with Crippen molar-refractivity contribution in [1.82, 2.24) is 20.7 Å². The van der Waals surface area contributed by atoms with Gasteiger partial charge in [0.15, 0.2) is 12.3 Å². The van der Waals surface area contributed by atoms with E-state index in [1.54, 1.807) is 12.1 Å². The van der Waals surface area contributed by atoms with Gasteiger partial charge >= 0.3 is 18.1 Å². The summed E-state index contributed by atoms with van der Waals surface area (Å²) in [5.41, 5.74) is 0.626. The van der Waals surface area contributed by atoms with Gasteiger partial charge in [0, 0.05) is 6.04 Å². The highest BCUT2D eigenvalue weighted by atomic mass is 19.4.